The molecule has 0 aliphatic carbocycles. The fourth-order valence-corrected chi connectivity index (χ4v) is 1.12. The molecule has 0 aromatic heterocycles. The summed E-state index contributed by atoms with van der Waals surface area (Å²) in [5.74, 6) is 3.62. The Hall–Kier alpha value is -1.33. The van der Waals surface area contributed by atoms with Crippen LogP contribution in [0.2, 0.25) is 5.02 Å². The van der Waals surface area contributed by atoms with Gasteiger partial charge in [0.2, 0.25) is 0 Å². The fourth-order valence-electron chi connectivity index (χ4n) is 0.931. The first kappa shape index (κ1) is 10.7. The van der Waals surface area contributed by atoms with Crippen molar-refractivity contribution in [2.24, 2.45) is 5.84 Å². The quantitative estimate of drug-likeness (QED) is 0.449. The number of methoxy groups -OCH3 is 1. The lowest BCUT2D eigenvalue weighted by Crippen LogP contribution is -2.10. The highest BCUT2D eigenvalue weighted by molar-refractivity contribution is 6.33. The molecule has 0 bridgehead atoms. The van der Waals surface area contributed by atoms with E-state index in [9.17, 15) is 9.18 Å². The number of hydrogen-bond donors (Lipinski definition) is 2. The number of hydrazine groups is 1. The first-order valence-electron chi connectivity index (χ1n) is 3.64. The Morgan fingerprint density at radius 1 is 1.64 bits per heavy atom. The van der Waals surface area contributed by atoms with Crippen LogP contribution < -0.4 is 11.3 Å². The van der Waals surface area contributed by atoms with Crippen molar-refractivity contribution in [1.82, 2.24) is 0 Å². The lowest BCUT2D eigenvalue weighted by atomic mass is 10.2. The van der Waals surface area contributed by atoms with Crippen LogP contribution in [0.4, 0.5) is 10.1 Å². The van der Waals surface area contributed by atoms with Gasteiger partial charge in [-0.25, -0.2) is 9.18 Å². The van der Waals surface area contributed by atoms with Crippen LogP contribution >= 0.6 is 11.6 Å². The van der Waals surface area contributed by atoms with E-state index in [-0.39, 0.29) is 16.3 Å². The maximum atomic E-state index is 13.1. The molecule has 1 aromatic carbocycles. The Balaban J connectivity index is 3.27. The molecule has 0 saturated heterocycles. The minimum atomic E-state index is -0.734. The van der Waals surface area contributed by atoms with E-state index in [1.807, 2.05) is 0 Å². The predicted molar refractivity (Wildman–Crippen MR) is 50.6 cm³/mol. The summed E-state index contributed by atoms with van der Waals surface area (Å²) in [6.07, 6.45) is 0. The predicted octanol–water partition coefficient (Wildman–Crippen LogP) is 1.55. The van der Waals surface area contributed by atoms with Gasteiger partial charge >= 0.3 is 5.97 Å². The van der Waals surface area contributed by atoms with Gasteiger partial charge in [-0.15, -0.1) is 0 Å². The first-order chi connectivity index (χ1) is 6.60. The lowest BCUT2D eigenvalue weighted by molar-refractivity contribution is 0.0600. The third kappa shape index (κ3) is 1.94. The third-order valence-corrected chi connectivity index (χ3v) is 1.98. The van der Waals surface area contributed by atoms with E-state index in [0.29, 0.717) is 0 Å². The van der Waals surface area contributed by atoms with Crippen molar-refractivity contribution in [2.75, 3.05) is 12.5 Å². The topological polar surface area (TPSA) is 64.3 Å². The van der Waals surface area contributed by atoms with Crippen molar-refractivity contribution in [3.8, 4) is 0 Å². The van der Waals surface area contributed by atoms with Crippen LogP contribution in [0.1, 0.15) is 10.4 Å². The molecular formula is C8H8ClFN2O2. The number of carbonyl (C=O) groups excluding carboxylic acids is 1. The zero-order chi connectivity index (χ0) is 10.7. The third-order valence-electron chi connectivity index (χ3n) is 1.60. The summed E-state index contributed by atoms with van der Waals surface area (Å²) in [5.41, 5.74) is 2.38. The minimum absolute atomic E-state index is 0.0675. The number of nitrogen functional groups attached to an aromatic ring is 1. The fraction of sp³-hybridized carbons (Fsp3) is 0.125. The molecule has 0 spiro atoms. The summed E-state index contributed by atoms with van der Waals surface area (Å²) in [4.78, 5) is 11.1. The molecule has 0 saturated carbocycles. The molecule has 1 aromatic rings. The summed E-state index contributed by atoms with van der Waals surface area (Å²) < 4.78 is 17.5. The number of esters is 1. The monoisotopic (exact) mass is 218 g/mol. The van der Waals surface area contributed by atoms with Crippen LogP contribution in [0.3, 0.4) is 0 Å². The van der Waals surface area contributed by atoms with Crippen LogP contribution in [0.15, 0.2) is 12.1 Å². The van der Waals surface area contributed by atoms with Crippen molar-refractivity contribution < 1.29 is 13.9 Å². The highest BCUT2D eigenvalue weighted by Gasteiger charge is 2.15. The van der Waals surface area contributed by atoms with Gasteiger partial charge in [-0.3, -0.25) is 5.84 Å². The van der Waals surface area contributed by atoms with Crippen molar-refractivity contribution in [3.63, 3.8) is 0 Å². The van der Waals surface area contributed by atoms with Gasteiger partial charge in [-0.1, -0.05) is 11.6 Å². The lowest BCUT2D eigenvalue weighted by Gasteiger charge is -2.06. The summed E-state index contributed by atoms with van der Waals surface area (Å²) in [6, 6.07) is 2.38. The van der Waals surface area contributed by atoms with E-state index in [2.05, 4.69) is 10.2 Å². The smallest absolute Gasteiger partial charge is 0.339 e. The number of halogens is 2. The van der Waals surface area contributed by atoms with Gasteiger partial charge in [0, 0.05) is 0 Å². The summed E-state index contributed by atoms with van der Waals surface area (Å²) in [7, 11) is 1.18. The number of hydrogen-bond acceptors (Lipinski definition) is 4. The van der Waals surface area contributed by atoms with Crippen LogP contribution in [0, 0.1) is 5.82 Å². The second kappa shape index (κ2) is 4.26. The maximum absolute atomic E-state index is 13.1. The van der Waals surface area contributed by atoms with E-state index < -0.39 is 11.8 Å². The second-order valence-corrected chi connectivity index (χ2v) is 2.83. The molecule has 6 heteroatoms. The van der Waals surface area contributed by atoms with Gasteiger partial charge in [0.1, 0.15) is 5.82 Å². The zero-order valence-corrected chi connectivity index (χ0v) is 8.06. The standard InChI is InChI=1S/C8H8ClFN2O2/c1-14-8(13)5-2-4(12-11)3-6(10)7(5)9/h2-3,12H,11H2,1H3. The number of rotatable bonds is 2. The van der Waals surface area contributed by atoms with E-state index >= 15 is 0 Å². The van der Waals surface area contributed by atoms with Crippen LogP contribution in [0.5, 0.6) is 0 Å². The van der Waals surface area contributed by atoms with E-state index in [1.165, 1.54) is 13.2 Å². The normalized spacial score (nSPS) is 9.71. The molecule has 0 atom stereocenters. The molecule has 1 rings (SSSR count). The second-order valence-electron chi connectivity index (χ2n) is 2.46. The van der Waals surface area contributed by atoms with Gasteiger partial charge in [-0.05, 0) is 12.1 Å². The highest BCUT2D eigenvalue weighted by atomic mass is 35.5. The number of benzene rings is 1. The molecule has 0 aliphatic heterocycles. The number of nitrogens with two attached hydrogens (primary N) is 1. The molecule has 14 heavy (non-hydrogen) atoms. The average molecular weight is 219 g/mol. The molecule has 0 heterocycles. The molecule has 4 nitrogen and oxygen atoms in total. The Morgan fingerprint density at radius 3 is 2.79 bits per heavy atom. The van der Waals surface area contributed by atoms with Crippen molar-refractivity contribution in [2.45, 2.75) is 0 Å². The van der Waals surface area contributed by atoms with Crippen molar-refractivity contribution >= 4 is 23.3 Å². The van der Waals surface area contributed by atoms with Gasteiger partial charge in [0.15, 0.2) is 0 Å². The Morgan fingerprint density at radius 2 is 2.29 bits per heavy atom. The molecule has 0 amide bonds. The Bertz CT molecular complexity index is 371. The van der Waals surface area contributed by atoms with Gasteiger partial charge < -0.3 is 10.2 Å². The zero-order valence-electron chi connectivity index (χ0n) is 7.30. The van der Waals surface area contributed by atoms with Crippen LogP contribution in [-0.4, -0.2) is 13.1 Å². The molecule has 0 fully saturated rings. The van der Waals surface area contributed by atoms with Crippen LogP contribution in [-0.2, 0) is 4.74 Å². The summed E-state index contributed by atoms with van der Waals surface area (Å²) >= 11 is 5.55. The van der Waals surface area contributed by atoms with E-state index in [4.69, 9.17) is 17.4 Å². The largest absolute Gasteiger partial charge is 0.465 e. The molecular weight excluding hydrogens is 211 g/mol. The Kier molecular flexibility index (Phi) is 3.27. The number of nitrogens with one attached hydrogen (secondary N) is 1. The molecule has 0 unspecified atom stereocenters. The number of anilines is 1. The summed E-state index contributed by atoms with van der Waals surface area (Å²) in [6.45, 7) is 0. The SMILES string of the molecule is COC(=O)c1cc(NN)cc(F)c1Cl. The van der Waals surface area contributed by atoms with Crippen molar-refractivity contribution in [1.29, 1.82) is 0 Å². The van der Waals surface area contributed by atoms with E-state index in [1.54, 1.807) is 0 Å². The minimum Gasteiger partial charge on any atom is -0.465 e. The number of ether oxygens (including phenoxy) is 1. The van der Waals surface area contributed by atoms with Crippen LogP contribution in [0.25, 0.3) is 0 Å². The number of carbonyl (C=O) groups is 1. The van der Waals surface area contributed by atoms with Gasteiger partial charge in [0.05, 0.1) is 23.4 Å². The first-order valence-corrected chi connectivity index (χ1v) is 4.02. The highest BCUT2D eigenvalue weighted by Crippen LogP contribution is 2.24. The van der Waals surface area contributed by atoms with E-state index in [0.717, 1.165) is 6.07 Å². The van der Waals surface area contributed by atoms with Gasteiger partial charge in [0.25, 0.3) is 0 Å². The van der Waals surface area contributed by atoms with Gasteiger partial charge in [-0.2, -0.15) is 0 Å². The maximum Gasteiger partial charge on any atom is 0.339 e. The summed E-state index contributed by atoms with van der Waals surface area (Å²) in [5, 5.41) is -0.282. The molecule has 0 aliphatic rings. The van der Waals surface area contributed by atoms with Crippen molar-refractivity contribution in [3.05, 3.63) is 28.5 Å². The molecule has 76 valence electrons. The Labute approximate surface area is 84.8 Å². The average Bonchev–Trinajstić information content (AvgIpc) is 2.20. The molecule has 0 radical (unpaired) electrons. The molecule has 3 N–H and O–H groups in total.